The summed E-state index contributed by atoms with van der Waals surface area (Å²) in [4.78, 5) is 24.6. The highest BCUT2D eigenvalue weighted by molar-refractivity contribution is 5.95. The minimum Gasteiger partial charge on any atom is -0.361 e. The van der Waals surface area contributed by atoms with Crippen LogP contribution >= 0.6 is 0 Å². The van der Waals surface area contributed by atoms with Crippen LogP contribution in [0.4, 0.5) is 11.4 Å². The summed E-state index contributed by atoms with van der Waals surface area (Å²) in [5.74, 6) is 0.0823. The summed E-state index contributed by atoms with van der Waals surface area (Å²) >= 11 is 0. The predicted molar refractivity (Wildman–Crippen MR) is 149 cm³/mol. The molecule has 3 heterocycles. The third-order valence-electron chi connectivity index (χ3n) is 7.11. The van der Waals surface area contributed by atoms with Gasteiger partial charge in [-0.1, -0.05) is 18.2 Å². The molecular formula is C30H30N6O. The summed E-state index contributed by atoms with van der Waals surface area (Å²) in [6.45, 7) is 7.39. The molecule has 0 spiro atoms. The molecule has 37 heavy (non-hydrogen) atoms. The fraction of sp³-hybridized carbons (Fsp3) is 0.233. The van der Waals surface area contributed by atoms with Crippen molar-refractivity contribution < 1.29 is 4.79 Å². The molecule has 1 saturated heterocycles. The number of amides is 1. The molecule has 0 radical (unpaired) electrons. The molecule has 0 saturated carbocycles. The predicted octanol–water partition coefficient (Wildman–Crippen LogP) is 5.35. The van der Waals surface area contributed by atoms with E-state index in [1.807, 2.05) is 60.5 Å². The number of H-pyrrole nitrogens is 1. The lowest BCUT2D eigenvalue weighted by atomic mass is 10.0. The number of carbonyl (C=O) groups is 1. The fourth-order valence-electron chi connectivity index (χ4n) is 4.75. The highest BCUT2D eigenvalue weighted by atomic mass is 16.2. The van der Waals surface area contributed by atoms with Gasteiger partial charge in [-0.3, -0.25) is 9.78 Å². The van der Waals surface area contributed by atoms with E-state index in [-0.39, 0.29) is 5.91 Å². The Morgan fingerprint density at radius 2 is 1.84 bits per heavy atom. The van der Waals surface area contributed by atoms with E-state index in [9.17, 15) is 10.1 Å². The van der Waals surface area contributed by atoms with Crippen molar-refractivity contribution in [3.8, 4) is 6.07 Å². The standard InChI is InChI=1S/C30H30N6O/c1-20-16-23(30(37)36-14-12-35(3)13-15-36)6-4-22(20)5-7-24-18-32-19-25(17-31)29(24)34-27-8-9-28-26(21(27)2)10-11-33-28/h4-11,16,18-19,33H,12-15H2,1-3H3,(H,32,34)/b7-5+. The number of aromatic nitrogens is 2. The van der Waals surface area contributed by atoms with Gasteiger partial charge in [-0.15, -0.1) is 0 Å². The van der Waals surface area contributed by atoms with Gasteiger partial charge in [0.05, 0.1) is 11.3 Å². The molecule has 1 amide bonds. The van der Waals surface area contributed by atoms with E-state index in [2.05, 4.69) is 46.3 Å². The van der Waals surface area contributed by atoms with Crippen LogP contribution < -0.4 is 5.32 Å². The number of anilines is 2. The summed E-state index contributed by atoms with van der Waals surface area (Å²) in [5.41, 5.74) is 7.85. The molecule has 0 unspecified atom stereocenters. The highest BCUT2D eigenvalue weighted by Gasteiger charge is 2.20. The Morgan fingerprint density at radius 3 is 2.59 bits per heavy atom. The monoisotopic (exact) mass is 490 g/mol. The lowest BCUT2D eigenvalue weighted by Gasteiger charge is -2.32. The highest BCUT2D eigenvalue weighted by Crippen LogP contribution is 2.31. The van der Waals surface area contributed by atoms with E-state index in [0.717, 1.165) is 65.0 Å². The Labute approximate surface area is 217 Å². The maximum atomic E-state index is 13.0. The molecular weight excluding hydrogens is 460 g/mol. The topological polar surface area (TPSA) is 88.1 Å². The number of carbonyl (C=O) groups excluding carboxylic acids is 1. The Bertz CT molecular complexity index is 1540. The van der Waals surface area contributed by atoms with Crippen LogP contribution in [-0.2, 0) is 0 Å². The third-order valence-corrected chi connectivity index (χ3v) is 7.11. The van der Waals surface area contributed by atoms with E-state index in [4.69, 9.17) is 0 Å². The second-order valence-electron chi connectivity index (χ2n) is 9.57. The zero-order valence-electron chi connectivity index (χ0n) is 21.4. The van der Waals surface area contributed by atoms with Crippen molar-refractivity contribution in [3.63, 3.8) is 0 Å². The van der Waals surface area contributed by atoms with Gasteiger partial charge in [0.1, 0.15) is 6.07 Å². The number of hydrogen-bond donors (Lipinski definition) is 2. The van der Waals surface area contributed by atoms with Crippen molar-refractivity contribution in [2.75, 3.05) is 38.5 Å². The largest absolute Gasteiger partial charge is 0.361 e. The first-order valence-electron chi connectivity index (χ1n) is 12.4. The van der Waals surface area contributed by atoms with E-state index in [1.165, 1.54) is 0 Å². The number of aromatic amines is 1. The first-order valence-corrected chi connectivity index (χ1v) is 12.4. The van der Waals surface area contributed by atoms with Crippen molar-refractivity contribution >= 4 is 40.3 Å². The number of aryl methyl sites for hydroxylation is 2. The third kappa shape index (κ3) is 4.97. The Kier molecular flexibility index (Phi) is 6.76. The van der Waals surface area contributed by atoms with Crippen LogP contribution in [0.2, 0.25) is 0 Å². The van der Waals surface area contributed by atoms with E-state index >= 15 is 0 Å². The first kappa shape index (κ1) is 24.3. The van der Waals surface area contributed by atoms with Crippen LogP contribution in [0.3, 0.4) is 0 Å². The number of nitriles is 1. The summed E-state index contributed by atoms with van der Waals surface area (Å²) < 4.78 is 0. The van der Waals surface area contributed by atoms with Gasteiger partial charge in [0.2, 0.25) is 0 Å². The van der Waals surface area contributed by atoms with Gasteiger partial charge in [-0.05, 0) is 67.9 Å². The lowest BCUT2D eigenvalue weighted by molar-refractivity contribution is 0.0664. The van der Waals surface area contributed by atoms with Gasteiger partial charge < -0.3 is 20.1 Å². The van der Waals surface area contributed by atoms with E-state index in [0.29, 0.717) is 16.8 Å². The van der Waals surface area contributed by atoms with Crippen LogP contribution in [0, 0.1) is 25.2 Å². The number of likely N-dealkylation sites (N-methyl/N-ethyl adjacent to an activating group) is 1. The van der Waals surface area contributed by atoms with Crippen molar-refractivity contribution in [3.05, 3.63) is 88.4 Å². The van der Waals surface area contributed by atoms with Gasteiger partial charge >= 0.3 is 0 Å². The molecule has 2 aromatic heterocycles. The second kappa shape index (κ2) is 10.3. The molecule has 7 heteroatoms. The summed E-state index contributed by atoms with van der Waals surface area (Å²) in [6.07, 6.45) is 9.23. The fourth-order valence-corrected chi connectivity index (χ4v) is 4.75. The molecule has 0 aliphatic carbocycles. The molecule has 1 fully saturated rings. The maximum absolute atomic E-state index is 13.0. The van der Waals surface area contributed by atoms with Crippen LogP contribution in [-0.4, -0.2) is 58.9 Å². The molecule has 2 aromatic carbocycles. The van der Waals surface area contributed by atoms with Crippen molar-refractivity contribution in [2.24, 2.45) is 0 Å². The summed E-state index contributed by atoms with van der Waals surface area (Å²) in [7, 11) is 2.08. The number of fused-ring (bicyclic) bond motifs is 1. The van der Waals surface area contributed by atoms with Gasteiger partial charge in [-0.25, -0.2) is 0 Å². The van der Waals surface area contributed by atoms with Crippen molar-refractivity contribution in [1.29, 1.82) is 5.26 Å². The van der Waals surface area contributed by atoms with Crippen LogP contribution in [0.1, 0.15) is 38.2 Å². The first-order chi connectivity index (χ1) is 17.9. The van der Waals surface area contributed by atoms with Gasteiger partial charge in [0.25, 0.3) is 5.91 Å². The number of benzene rings is 2. The number of pyridine rings is 1. The molecule has 186 valence electrons. The smallest absolute Gasteiger partial charge is 0.253 e. The number of rotatable bonds is 5. The average Bonchev–Trinajstić information content (AvgIpc) is 3.40. The van der Waals surface area contributed by atoms with Crippen molar-refractivity contribution in [1.82, 2.24) is 19.8 Å². The second-order valence-corrected chi connectivity index (χ2v) is 9.57. The quantitative estimate of drug-likeness (QED) is 0.394. The molecule has 0 bridgehead atoms. The molecule has 4 aromatic rings. The molecule has 0 atom stereocenters. The summed E-state index contributed by atoms with van der Waals surface area (Å²) in [5, 5.41) is 14.4. The molecule has 5 rings (SSSR count). The Hall–Kier alpha value is -4.41. The SMILES string of the molecule is Cc1cc(C(=O)N2CCN(C)CC2)ccc1/C=C/c1cncc(C#N)c1Nc1ccc2[nH]ccc2c1C. The lowest BCUT2D eigenvalue weighted by Crippen LogP contribution is -2.47. The van der Waals surface area contributed by atoms with E-state index < -0.39 is 0 Å². The number of nitrogens with zero attached hydrogens (tertiary/aromatic N) is 4. The normalized spacial score (nSPS) is 14.3. The Morgan fingerprint density at radius 1 is 1.05 bits per heavy atom. The summed E-state index contributed by atoms with van der Waals surface area (Å²) in [6, 6.07) is 14.2. The van der Waals surface area contributed by atoms with Gasteiger partial charge in [0, 0.05) is 72.5 Å². The molecule has 2 N–H and O–H groups in total. The van der Waals surface area contributed by atoms with Crippen LogP contribution in [0.15, 0.2) is 55.0 Å². The van der Waals surface area contributed by atoms with Crippen LogP contribution in [0.5, 0.6) is 0 Å². The minimum absolute atomic E-state index is 0.0823. The zero-order chi connectivity index (χ0) is 25.9. The zero-order valence-corrected chi connectivity index (χ0v) is 21.4. The molecule has 1 aliphatic rings. The van der Waals surface area contributed by atoms with Crippen LogP contribution in [0.25, 0.3) is 23.1 Å². The van der Waals surface area contributed by atoms with Gasteiger partial charge in [0.15, 0.2) is 0 Å². The number of nitrogens with one attached hydrogen (secondary N) is 2. The maximum Gasteiger partial charge on any atom is 0.253 e. The minimum atomic E-state index is 0.0823. The Balaban J connectivity index is 1.41. The molecule has 1 aliphatic heterocycles. The van der Waals surface area contributed by atoms with Gasteiger partial charge in [-0.2, -0.15) is 5.26 Å². The number of piperazine rings is 1. The van der Waals surface area contributed by atoms with E-state index in [1.54, 1.807) is 12.4 Å². The average molecular weight is 491 g/mol. The molecule has 7 nitrogen and oxygen atoms in total. The number of hydrogen-bond acceptors (Lipinski definition) is 5. The van der Waals surface area contributed by atoms with Crippen molar-refractivity contribution in [2.45, 2.75) is 13.8 Å².